The van der Waals surface area contributed by atoms with Crippen LogP contribution in [-0.4, -0.2) is 76.6 Å². The molecule has 0 bridgehead atoms. The van der Waals surface area contributed by atoms with Crippen molar-refractivity contribution in [2.24, 2.45) is 23.1 Å². The van der Waals surface area contributed by atoms with E-state index in [1.165, 1.54) is 6.92 Å². The van der Waals surface area contributed by atoms with E-state index in [0.717, 1.165) is 0 Å². The van der Waals surface area contributed by atoms with Gasteiger partial charge in [-0.2, -0.15) is 0 Å². The van der Waals surface area contributed by atoms with Gasteiger partial charge in [-0.15, -0.1) is 0 Å². The molecule has 0 saturated heterocycles. The molecule has 5 unspecified atom stereocenters. The first-order valence-corrected chi connectivity index (χ1v) is 10.9. The molecule has 0 aromatic carbocycles. The molecule has 0 spiro atoms. The molecule has 0 aliphatic heterocycles. The molecule has 4 amide bonds. The number of amides is 4. The van der Waals surface area contributed by atoms with E-state index in [0.29, 0.717) is 19.4 Å². The fraction of sp³-hybridized carbons (Fsp3) is 0.750. The molecular formula is C20H38N6O7. The Morgan fingerprint density at radius 1 is 0.848 bits per heavy atom. The van der Waals surface area contributed by atoms with Crippen molar-refractivity contribution >= 4 is 29.6 Å². The summed E-state index contributed by atoms with van der Waals surface area (Å²) in [4.78, 5) is 60.4. The molecule has 0 rings (SSSR count). The highest BCUT2D eigenvalue weighted by molar-refractivity contribution is 5.94. The number of carbonyl (C=O) groups excluding carboxylic acids is 4. The molecule has 0 aromatic rings. The SMILES string of the molecule is CC(C)CC(NC(=O)C(N)C(C)O)C(=O)NC(CCCCN)C(=O)NC(CC(N)=O)C(=O)O. The maximum Gasteiger partial charge on any atom is 0.326 e. The van der Waals surface area contributed by atoms with Gasteiger partial charge in [-0.1, -0.05) is 13.8 Å². The number of nitrogens with one attached hydrogen (secondary N) is 3. The molecule has 0 aliphatic rings. The summed E-state index contributed by atoms with van der Waals surface area (Å²) >= 11 is 0. The van der Waals surface area contributed by atoms with Crippen molar-refractivity contribution in [2.45, 2.75) is 83.1 Å². The third kappa shape index (κ3) is 12.2. The Morgan fingerprint density at radius 3 is 1.82 bits per heavy atom. The lowest BCUT2D eigenvalue weighted by Crippen LogP contribution is -2.58. The number of carboxylic acid groups (broad SMARTS) is 1. The third-order valence-electron chi connectivity index (χ3n) is 4.76. The summed E-state index contributed by atoms with van der Waals surface area (Å²) in [6.45, 7) is 5.34. The van der Waals surface area contributed by atoms with Crippen molar-refractivity contribution in [3.05, 3.63) is 0 Å². The number of nitrogens with two attached hydrogens (primary N) is 3. The first kappa shape index (κ1) is 30.2. The zero-order chi connectivity index (χ0) is 25.7. The molecule has 13 heteroatoms. The molecule has 0 radical (unpaired) electrons. The van der Waals surface area contributed by atoms with Crippen molar-refractivity contribution in [1.82, 2.24) is 16.0 Å². The molecule has 5 atom stereocenters. The van der Waals surface area contributed by atoms with E-state index < -0.39 is 66.3 Å². The van der Waals surface area contributed by atoms with E-state index in [1.807, 2.05) is 13.8 Å². The summed E-state index contributed by atoms with van der Waals surface area (Å²) in [6, 6.07) is -5.00. The number of aliphatic hydroxyl groups excluding tert-OH is 1. The van der Waals surface area contributed by atoms with Gasteiger partial charge in [-0.25, -0.2) is 4.79 Å². The molecular weight excluding hydrogens is 436 g/mol. The van der Waals surface area contributed by atoms with E-state index >= 15 is 0 Å². The first-order chi connectivity index (χ1) is 15.3. The van der Waals surface area contributed by atoms with Gasteiger partial charge >= 0.3 is 5.97 Å². The number of aliphatic carboxylic acids is 1. The van der Waals surface area contributed by atoms with Gasteiger partial charge < -0.3 is 43.4 Å². The van der Waals surface area contributed by atoms with Crippen LogP contribution in [-0.2, 0) is 24.0 Å². The highest BCUT2D eigenvalue weighted by Gasteiger charge is 2.31. The molecule has 0 fully saturated rings. The zero-order valence-corrected chi connectivity index (χ0v) is 19.4. The van der Waals surface area contributed by atoms with Crippen molar-refractivity contribution in [3.8, 4) is 0 Å². The van der Waals surface area contributed by atoms with Gasteiger partial charge in [0.15, 0.2) is 0 Å². The van der Waals surface area contributed by atoms with Gasteiger partial charge in [-0.05, 0) is 45.1 Å². The lowest BCUT2D eigenvalue weighted by Gasteiger charge is -2.26. The third-order valence-corrected chi connectivity index (χ3v) is 4.76. The number of aliphatic hydroxyl groups is 1. The lowest BCUT2D eigenvalue weighted by atomic mass is 10.0. The van der Waals surface area contributed by atoms with Crippen molar-refractivity contribution in [2.75, 3.05) is 6.54 Å². The monoisotopic (exact) mass is 474 g/mol. The number of primary amides is 1. The van der Waals surface area contributed by atoms with E-state index in [1.54, 1.807) is 0 Å². The summed E-state index contributed by atoms with van der Waals surface area (Å²) in [5.41, 5.74) is 16.1. The fourth-order valence-corrected chi connectivity index (χ4v) is 2.90. The summed E-state index contributed by atoms with van der Waals surface area (Å²) in [6.07, 6.45) is -0.377. The van der Waals surface area contributed by atoms with Gasteiger partial charge in [0.1, 0.15) is 24.2 Å². The Bertz CT molecular complexity index is 686. The molecule has 33 heavy (non-hydrogen) atoms. The summed E-state index contributed by atoms with van der Waals surface area (Å²) < 4.78 is 0. The highest BCUT2D eigenvalue weighted by atomic mass is 16.4. The van der Waals surface area contributed by atoms with Gasteiger partial charge in [0.2, 0.25) is 23.6 Å². The van der Waals surface area contributed by atoms with Crippen LogP contribution in [0.1, 0.15) is 52.9 Å². The average molecular weight is 475 g/mol. The van der Waals surface area contributed by atoms with Gasteiger partial charge in [-0.3, -0.25) is 19.2 Å². The summed E-state index contributed by atoms with van der Waals surface area (Å²) in [5, 5.41) is 26.0. The maximum absolute atomic E-state index is 12.9. The van der Waals surface area contributed by atoms with Crippen LogP contribution >= 0.6 is 0 Å². The predicted molar refractivity (Wildman–Crippen MR) is 119 cm³/mol. The molecule has 0 heterocycles. The second kappa shape index (κ2) is 15.1. The van der Waals surface area contributed by atoms with E-state index in [-0.39, 0.29) is 18.8 Å². The molecule has 0 aromatic heterocycles. The minimum absolute atomic E-state index is 0.0136. The van der Waals surface area contributed by atoms with E-state index in [9.17, 15) is 34.2 Å². The first-order valence-electron chi connectivity index (χ1n) is 10.9. The minimum atomic E-state index is -1.56. The molecule has 190 valence electrons. The van der Waals surface area contributed by atoms with Gasteiger partial charge in [0.25, 0.3) is 0 Å². The van der Waals surface area contributed by atoms with Crippen LogP contribution in [0.25, 0.3) is 0 Å². The number of carboxylic acids is 1. The smallest absolute Gasteiger partial charge is 0.326 e. The minimum Gasteiger partial charge on any atom is -0.480 e. The maximum atomic E-state index is 12.9. The summed E-state index contributed by atoms with van der Waals surface area (Å²) in [5.74, 6) is -4.61. The Kier molecular flexibility index (Phi) is 13.9. The topological polar surface area (TPSA) is 240 Å². The van der Waals surface area contributed by atoms with Crippen LogP contribution in [0, 0.1) is 5.92 Å². The molecule has 0 saturated carbocycles. The Labute approximate surface area is 193 Å². The average Bonchev–Trinajstić information content (AvgIpc) is 2.70. The Hall–Kier alpha value is -2.77. The van der Waals surface area contributed by atoms with E-state index in [4.69, 9.17) is 17.2 Å². The number of hydrogen-bond donors (Lipinski definition) is 8. The molecule has 0 aliphatic carbocycles. The van der Waals surface area contributed by atoms with Crippen LogP contribution < -0.4 is 33.2 Å². The Balaban J connectivity index is 5.54. The molecule has 13 nitrogen and oxygen atoms in total. The van der Waals surface area contributed by atoms with Crippen LogP contribution in [0.2, 0.25) is 0 Å². The van der Waals surface area contributed by atoms with Crippen molar-refractivity contribution in [1.29, 1.82) is 0 Å². The van der Waals surface area contributed by atoms with Gasteiger partial charge in [0.05, 0.1) is 12.5 Å². The van der Waals surface area contributed by atoms with Crippen LogP contribution in [0.3, 0.4) is 0 Å². The van der Waals surface area contributed by atoms with Crippen LogP contribution in [0.15, 0.2) is 0 Å². The normalized spacial score (nSPS) is 15.6. The second-order valence-corrected chi connectivity index (χ2v) is 8.37. The predicted octanol–water partition coefficient (Wildman–Crippen LogP) is -2.72. The van der Waals surface area contributed by atoms with Gasteiger partial charge in [0, 0.05) is 0 Å². The number of rotatable bonds is 16. The number of hydrogen-bond acceptors (Lipinski definition) is 8. The van der Waals surface area contributed by atoms with E-state index in [2.05, 4.69) is 16.0 Å². The number of carbonyl (C=O) groups is 5. The lowest BCUT2D eigenvalue weighted by molar-refractivity contribution is -0.143. The van der Waals surface area contributed by atoms with Crippen molar-refractivity contribution < 1.29 is 34.2 Å². The zero-order valence-electron chi connectivity index (χ0n) is 19.4. The largest absolute Gasteiger partial charge is 0.480 e. The molecule has 11 N–H and O–H groups in total. The second-order valence-electron chi connectivity index (χ2n) is 8.37. The fourth-order valence-electron chi connectivity index (χ4n) is 2.90. The van der Waals surface area contributed by atoms with Crippen LogP contribution in [0.5, 0.6) is 0 Å². The summed E-state index contributed by atoms with van der Waals surface area (Å²) in [7, 11) is 0. The van der Waals surface area contributed by atoms with Crippen molar-refractivity contribution in [3.63, 3.8) is 0 Å². The standard InChI is InChI=1S/C20H38N6O7/c1-10(2)8-13(25-19(31)16(23)11(3)27)18(30)24-12(6-4-5-7-21)17(29)26-14(20(32)33)9-15(22)28/h10-14,16,27H,4-9,21,23H2,1-3H3,(H2,22,28)(H,24,30)(H,25,31)(H,26,29)(H,32,33). The quantitative estimate of drug-likeness (QED) is 0.108. The van der Waals surface area contributed by atoms with Crippen LogP contribution in [0.4, 0.5) is 0 Å². The highest BCUT2D eigenvalue weighted by Crippen LogP contribution is 2.08. The number of unbranched alkanes of at least 4 members (excludes halogenated alkanes) is 1. The Morgan fingerprint density at radius 2 is 1.36 bits per heavy atom.